The molecule has 0 heterocycles. The minimum absolute atomic E-state index is 0.180. The van der Waals surface area contributed by atoms with Gasteiger partial charge in [-0.15, -0.1) is 0 Å². The van der Waals surface area contributed by atoms with E-state index in [1.54, 1.807) is 6.07 Å². The van der Waals surface area contributed by atoms with Crippen molar-refractivity contribution in [1.29, 1.82) is 0 Å². The minimum Gasteiger partial charge on any atom is -0.508 e. The van der Waals surface area contributed by atoms with Crippen LogP contribution in [0.5, 0.6) is 5.75 Å². The number of nitrogens with one attached hydrogen (secondary N) is 1. The molecule has 1 aromatic rings. The van der Waals surface area contributed by atoms with E-state index in [1.807, 2.05) is 19.2 Å². The quantitative estimate of drug-likeness (QED) is 0.794. The number of aliphatic hydroxyl groups is 1. The molecule has 3 N–H and O–H groups in total. The molecular weight excluding hydrogens is 250 g/mol. The lowest BCUT2D eigenvalue weighted by Gasteiger charge is -2.55. The molecule has 0 aromatic heterocycles. The first-order valence-electron chi connectivity index (χ1n) is 7.81. The van der Waals surface area contributed by atoms with Crippen LogP contribution in [0.15, 0.2) is 18.2 Å². The third kappa shape index (κ3) is 1.95. The summed E-state index contributed by atoms with van der Waals surface area (Å²) in [6.07, 6.45) is 6.93. The topological polar surface area (TPSA) is 52.5 Å². The number of hydrogen-bond donors (Lipinski definition) is 3. The van der Waals surface area contributed by atoms with Crippen LogP contribution in [-0.2, 0) is 11.8 Å². The van der Waals surface area contributed by atoms with Crippen LogP contribution in [0, 0.1) is 0 Å². The lowest BCUT2D eigenvalue weighted by molar-refractivity contribution is -0.0867. The fourth-order valence-electron chi connectivity index (χ4n) is 4.47. The lowest BCUT2D eigenvalue weighted by atomic mass is 9.53. The van der Waals surface area contributed by atoms with E-state index in [1.165, 1.54) is 17.5 Å². The van der Waals surface area contributed by atoms with Gasteiger partial charge in [-0.25, -0.2) is 0 Å². The molecule has 0 aliphatic heterocycles. The summed E-state index contributed by atoms with van der Waals surface area (Å²) in [5, 5.41) is 24.4. The highest BCUT2D eigenvalue weighted by Gasteiger charge is 2.54. The highest BCUT2D eigenvalue weighted by Crippen LogP contribution is 2.54. The molecule has 3 rings (SSSR count). The van der Waals surface area contributed by atoms with Crippen LogP contribution in [0.4, 0.5) is 0 Å². The van der Waals surface area contributed by atoms with Gasteiger partial charge in [-0.05, 0) is 69.0 Å². The summed E-state index contributed by atoms with van der Waals surface area (Å²) in [6, 6.07) is 5.72. The molecular formula is C17H25NO2. The zero-order valence-electron chi connectivity index (χ0n) is 12.3. The smallest absolute Gasteiger partial charge is 0.115 e. The van der Waals surface area contributed by atoms with Gasteiger partial charge >= 0.3 is 0 Å². The predicted octanol–water partition coefficient (Wildman–Crippen LogP) is 2.49. The van der Waals surface area contributed by atoms with Crippen molar-refractivity contribution < 1.29 is 10.2 Å². The summed E-state index contributed by atoms with van der Waals surface area (Å²) in [7, 11) is 1.96. The van der Waals surface area contributed by atoms with E-state index >= 15 is 0 Å². The SMILES string of the molecule is CNCC[C@@]12CCCC[C@]1(O)CCc1ccc(O)cc12. The summed E-state index contributed by atoms with van der Waals surface area (Å²) in [6.45, 7) is 0.900. The monoisotopic (exact) mass is 275 g/mol. The van der Waals surface area contributed by atoms with E-state index in [9.17, 15) is 10.2 Å². The molecule has 2 aliphatic carbocycles. The molecule has 0 spiro atoms. The summed E-state index contributed by atoms with van der Waals surface area (Å²) in [4.78, 5) is 0. The van der Waals surface area contributed by atoms with E-state index in [4.69, 9.17) is 0 Å². The Balaban J connectivity index is 2.12. The van der Waals surface area contributed by atoms with Crippen LogP contribution in [0.3, 0.4) is 0 Å². The molecule has 0 bridgehead atoms. The number of fused-ring (bicyclic) bond motifs is 3. The van der Waals surface area contributed by atoms with Crippen LogP contribution in [0.1, 0.15) is 49.7 Å². The van der Waals surface area contributed by atoms with E-state index in [-0.39, 0.29) is 5.41 Å². The Kier molecular flexibility index (Phi) is 3.51. The van der Waals surface area contributed by atoms with Gasteiger partial charge in [0.2, 0.25) is 0 Å². The van der Waals surface area contributed by atoms with Crippen molar-refractivity contribution in [1.82, 2.24) is 5.32 Å². The fraction of sp³-hybridized carbons (Fsp3) is 0.647. The molecule has 0 unspecified atom stereocenters. The van der Waals surface area contributed by atoms with Crippen LogP contribution < -0.4 is 5.32 Å². The first-order valence-corrected chi connectivity index (χ1v) is 7.81. The zero-order valence-corrected chi connectivity index (χ0v) is 12.3. The van der Waals surface area contributed by atoms with Gasteiger partial charge in [0.05, 0.1) is 5.60 Å². The van der Waals surface area contributed by atoms with Gasteiger partial charge in [0, 0.05) is 5.41 Å². The lowest BCUT2D eigenvalue weighted by Crippen LogP contribution is -2.57. The number of phenols is 1. The van der Waals surface area contributed by atoms with Crippen molar-refractivity contribution in [2.75, 3.05) is 13.6 Å². The number of rotatable bonds is 3. The number of aromatic hydroxyl groups is 1. The van der Waals surface area contributed by atoms with Crippen LogP contribution in [0.25, 0.3) is 0 Å². The maximum atomic E-state index is 11.3. The fourth-order valence-corrected chi connectivity index (χ4v) is 4.47. The molecule has 1 fully saturated rings. The van der Waals surface area contributed by atoms with Crippen molar-refractivity contribution in [3.05, 3.63) is 29.3 Å². The number of hydrogen-bond acceptors (Lipinski definition) is 3. The molecule has 1 saturated carbocycles. The summed E-state index contributed by atoms with van der Waals surface area (Å²) < 4.78 is 0. The molecule has 110 valence electrons. The summed E-state index contributed by atoms with van der Waals surface area (Å²) >= 11 is 0. The average Bonchev–Trinajstić information content (AvgIpc) is 2.45. The highest BCUT2D eigenvalue weighted by atomic mass is 16.3. The van der Waals surface area contributed by atoms with Crippen molar-refractivity contribution >= 4 is 0 Å². The van der Waals surface area contributed by atoms with Crippen LogP contribution >= 0.6 is 0 Å². The van der Waals surface area contributed by atoms with Gasteiger partial charge in [-0.1, -0.05) is 18.9 Å². The second-order valence-electron chi connectivity index (χ2n) is 6.52. The van der Waals surface area contributed by atoms with Crippen molar-refractivity contribution in [2.45, 2.75) is 56.0 Å². The normalized spacial score (nSPS) is 32.5. The Labute approximate surface area is 121 Å². The van der Waals surface area contributed by atoms with Gasteiger partial charge < -0.3 is 15.5 Å². The molecule has 0 saturated heterocycles. The second-order valence-corrected chi connectivity index (χ2v) is 6.52. The number of phenolic OH excluding ortho intramolecular Hbond substituents is 1. The number of benzene rings is 1. The average molecular weight is 275 g/mol. The molecule has 0 radical (unpaired) electrons. The molecule has 20 heavy (non-hydrogen) atoms. The van der Waals surface area contributed by atoms with Crippen LogP contribution in [-0.4, -0.2) is 29.4 Å². The first kappa shape index (κ1) is 13.9. The van der Waals surface area contributed by atoms with Gasteiger partial charge in [-0.2, -0.15) is 0 Å². The minimum atomic E-state index is -0.594. The largest absolute Gasteiger partial charge is 0.508 e. The van der Waals surface area contributed by atoms with Gasteiger partial charge in [0.1, 0.15) is 5.75 Å². The summed E-state index contributed by atoms with van der Waals surface area (Å²) in [5.74, 6) is 0.322. The van der Waals surface area contributed by atoms with Crippen molar-refractivity contribution in [3.8, 4) is 5.75 Å². The Bertz CT molecular complexity index is 502. The predicted molar refractivity (Wildman–Crippen MR) is 80.1 cm³/mol. The molecule has 1 aromatic carbocycles. The summed E-state index contributed by atoms with van der Waals surface area (Å²) in [5.41, 5.74) is 1.73. The Morgan fingerprint density at radius 2 is 2.00 bits per heavy atom. The van der Waals surface area contributed by atoms with E-state index in [0.717, 1.165) is 45.1 Å². The third-order valence-electron chi connectivity index (χ3n) is 5.55. The molecule has 2 aliphatic rings. The Morgan fingerprint density at radius 1 is 1.20 bits per heavy atom. The Hall–Kier alpha value is -1.06. The third-order valence-corrected chi connectivity index (χ3v) is 5.55. The van der Waals surface area contributed by atoms with Gasteiger partial charge in [0.25, 0.3) is 0 Å². The van der Waals surface area contributed by atoms with E-state index < -0.39 is 5.60 Å². The standard InChI is InChI=1S/C17H25NO2/c1-18-11-10-16-7-2-3-8-17(16,20)9-6-13-4-5-14(19)12-15(13)16/h4-5,12,18-20H,2-3,6-11H2,1H3/t16-,17+/m1/s1. The number of aryl methyl sites for hydroxylation is 1. The molecule has 0 amide bonds. The van der Waals surface area contributed by atoms with Crippen molar-refractivity contribution in [2.24, 2.45) is 0 Å². The zero-order chi connectivity index (χ0) is 14.2. The second kappa shape index (κ2) is 5.05. The van der Waals surface area contributed by atoms with Crippen LogP contribution in [0.2, 0.25) is 0 Å². The van der Waals surface area contributed by atoms with E-state index in [2.05, 4.69) is 5.32 Å². The molecule has 3 heteroatoms. The maximum Gasteiger partial charge on any atom is 0.115 e. The van der Waals surface area contributed by atoms with E-state index in [0.29, 0.717) is 5.75 Å². The Morgan fingerprint density at radius 3 is 2.80 bits per heavy atom. The van der Waals surface area contributed by atoms with Gasteiger partial charge in [0.15, 0.2) is 0 Å². The highest BCUT2D eigenvalue weighted by molar-refractivity contribution is 5.45. The first-order chi connectivity index (χ1) is 9.61. The van der Waals surface area contributed by atoms with Gasteiger partial charge in [-0.3, -0.25) is 0 Å². The molecule has 3 nitrogen and oxygen atoms in total. The maximum absolute atomic E-state index is 11.3. The van der Waals surface area contributed by atoms with Crippen molar-refractivity contribution in [3.63, 3.8) is 0 Å². The molecule has 2 atom stereocenters.